The molecule has 0 aliphatic carbocycles. The van der Waals surface area contributed by atoms with Gasteiger partial charge < -0.3 is 4.74 Å². The summed E-state index contributed by atoms with van der Waals surface area (Å²) in [5, 5.41) is 0. The smallest absolute Gasteiger partial charge is 0.135 e. The van der Waals surface area contributed by atoms with E-state index in [1.165, 1.54) is 11.1 Å². The van der Waals surface area contributed by atoms with Gasteiger partial charge in [-0.2, -0.15) is 0 Å². The maximum Gasteiger partial charge on any atom is 0.135 e. The van der Waals surface area contributed by atoms with Gasteiger partial charge in [0.05, 0.1) is 12.7 Å². The minimum absolute atomic E-state index is 0.744. The molecule has 0 spiro atoms. The number of terminal acetylenes is 1. The van der Waals surface area contributed by atoms with Crippen molar-refractivity contribution in [3.63, 3.8) is 0 Å². The van der Waals surface area contributed by atoms with E-state index in [1.807, 2.05) is 30.3 Å². The molecule has 1 nitrogen and oxygen atoms in total. The molecule has 0 amide bonds. The topological polar surface area (TPSA) is 9.23 Å². The first kappa shape index (κ1) is 11.3. The van der Waals surface area contributed by atoms with Crippen LogP contribution < -0.4 is 4.74 Å². The van der Waals surface area contributed by atoms with E-state index in [4.69, 9.17) is 11.2 Å². The molecule has 0 heterocycles. The Balaban J connectivity index is 2.55. The zero-order valence-electron chi connectivity index (χ0n) is 10.0. The van der Waals surface area contributed by atoms with Crippen molar-refractivity contribution < 1.29 is 4.74 Å². The van der Waals surface area contributed by atoms with Crippen LogP contribution in [-0.4, -0.2) is 7.11 Å². The third-order valence-electron chi connectivity index (χ3n) is 2.81. The van der Waals surface area contributed by atoms with Crippen molar-refractivity contribution in [2.24, 2.45) is 0 Å². The number of ether oxygens (including phenoxy) is 1. The highest BCUT2D eigenvalue weighted by molar-refractivity contribution is 5.70. The maximum absolute atomic E-state index is 5.41. The normalized spacial score (nSPS) is 9.71. The number of hydrogen-bond donors (Lipinski definition) is 0. The lowest BCUT2D eigenvalue weighted by molar-refractivity contribution is 0.414. The third-order valence-corrected chi connectivity index (χ3v) is 2.81. The van der Waals surface area contributed by atoms with Gasteiger partial charge in [-0.3, -0.25) is 0 Å². The quantitative estimate of drug-likeness (QED) is 0.705. The van der Waals surface area contributed by atoms with E-state index in [0.29, 0.717) is 0 Å². The Morgan fingerprint density at radius 2 is 1.88 bits per heavy atom. The molecule has 2 aromatic rings. The standard InChI is InChI=1S/C16H14O/c1-4-13-9-10-14(11-16(13)17-3)15-8-6-5-7-12(15)2/h1,5-11H,2-3H3. The minimum Gasteiger partial charge on any atom is -0.495 e. The molecular weight excluding hydrogens is 208 g/mol. The molecule has 0 saturated carbocycles. The highest BCUT2D eigenvalue weighted by Crippen LogP contribution is 2.28. The first-order chi connectivity index (χ1) is 8.26. The molecule has 0 saturated heterocycles. The molecule has 0 aliphatic heterocycles. The summed E-state index contributed by atoms with van der Waals surface area (Å²) in [4.78, 5) is 0. The summed E-state index contributed by atoms with van der Waals surface area (Å²) < 4.78 is 5.30. The first-order valence-electron chi connectivity index (χ1n) is 5.47. The molecular formula is C16H14O. The van der Waals surface area contributed by atoms with Gasteiger partial charge in [-0.1, -0.05) is 36.3 Å². The van der Waals surface area contributed by atoms with Crippen LogP contribution in [0.4, 0.5) is 0 Å². The maximum atomic E-state index is 5.41. The largest absolute Gasteiger partial charge is 0.495 e. The predicted octanol–water partition coefficient (Wildman–Crippen LogP) is 3.65. The van der Waals surface area contributed by atoms with Gasteiger partial charge in [-0.15, -0.1) is 6.42 Å². The Hall–Kier alpha value is -2.20. The van der Waals surface area contributed by atoms with Gasteiger partial charge in [-0.25, -0.2) is 0 Å². The molecule has 0 bridgehead atoms. The van der Waals surface area contributed by atoms with Crippen molar-refractivity contribution in [3.05, 3.63) is 53.6 Å². The summed E-state index contributed by atoms with van der Waals surface area (Å²) in [6.45, 7) is 2.09. The van der Waals surface area contributed by atoms with Gasteiger partial charge in [0, 0.05) is 0 Å². The fourth-order valence-electron chi connectivity index (χ4n) is 1.87. The van der Waals surface area contributed by atoms with E-state index in [2.05, 4.69) is 25.0 Å². The number of methoxy groups -OCH3 is 1. The lowest BCUT2D eigenvalue weighted by atomic mass is 9.99. The van der Waals surface area contributed by atoms with Crippen LogP contribution >= 0.6 is 0 Å². The number of rotatable bonds is 2. The Kier molecular flexibility index (Phi) is 3.16. The zero-order valence-corrected chi connectivity index (χ0v) is 10.0. The molecule has 2 rings (SSSR count). The second-order valence-electron chi connectivity index (χ2n) is 3.87. The van der Waals surface area contributed by atoms with Crippen molar-refractivity contribution in [1.82, 2.24) is 0 Å². The van der Waals surface area contributed by atoms with Gasteiger partial charge in [-0.05, 0) is 35.7 Å². The van der Waals surface area contributed by atoms with Crippen LogP contribution in [0.15, 0.2) is 42.5 Å². The average molecular weight is 222 g/mol. The lowest BCUT2D eigenvalue weighted by Gasteiger charge is -2.09. The monoisotopic (exact) mass is 222 g/mol. The Morgan fingerprint density at radius 3 is 2.53 bits per heavy atom. The molecule has 2 aromatic carbocycles. The highest BCUT2D eigenvalue weighted by Gasteiger charge is 2.05. The molecule has 0 fully saturated rings. The summed E-state index contributed by atoms with van der Waals surface area (Å²) in [6.07, 6.45) is 5.41. The molecule has 84 valence electrons. The average Bonchev–Trinajstić information content (AvgIpc) is 2.38. The van der Waals surface area contributed by atoms with Gasteiger partial charge in [0.1, 0.15) is 5.75 Å². The summed E-state index contributed by atoms with van der Waals surface area (Å²) in [5.41, 5.74) is 4.35. The van der Waals surface area contributed by atoms with Crippen LogP contribution in [0.1, 0.15) is 11.1 Å². The zero-order chi connectivity index (χ0) is 12.3. The van der Waals surface area contributed by atoms with Crippen molar-refractivity contribution in [2.75, 3.05) is 7.11 Å². The Bertz CT molecular complexity index is 576. The number of hydrogen-bond acceptors (Lipinski definition) is 1. The van der Waals surface area contributed by atoms with Crippen molar-refractivity contribution >= 4 is 0 Å². The molecule has 0 aromatic heterocycles. The molecule has 0 atom stereocenters. The van der Waals surface area contributed by atoms with Gasteiger partial charge in [0.15, 0.2) is 0 Å². The number of benzene rings is 2. The van der Waals surface area contributed by atoms with E-state index < -0.39 is 0 Å². The third kappa shape index (κ3) is 2.16. The van der Waals surface area contributed by atoms with E-state index in [1.54, 1.807) is 7.11 Å². The van der Waals surface area contributed by atoms with Gasteiger partial charge >= 0.3 is 0 Å². The predicted molar refractivity (Wildman–Crippen MR) is 71.1 cm³/mol. The van der Waals surface area contributed by atoms with Gasteiger partial charge in [0.2, 0.25) is 0 Å². The number of aryl methyl sites for hydroxylation is 1. The van der Waals surface area contributed by atoms with E-state index in [9.17, 15) is 0 Å². The summed E-state index contributed by atoms with van der Waals surface area (Å²) in [6, 6.07) is 14.2. The van der Waals surface area contributed by atoms with Crippen LogP contribution in [0.5, 0.6) is 5.75 Å². The van der Waals surface area contributed by atoms with Crippen molar-refractivity contribution in [2.45, 2.75) is 6.92 Å². The van der Waals surface area contributed by atoms with Crippen molar-refractivity contribution in [1.29, 1.82) is 0 Å². The Labute approximate surface area is 102 Å². The van der Waals surface area contributed by atoms with Crippen LogP contribution in [0.2, 0.25) is 0 Å². The van der Waals surface area contributed by atoms with E-state index in [-0.39, 0.29) is 0 Å². The van der Waals surface area contributed by atoms with Gasteiger partial charge in [0.25, 0.3) is 0 Å². The fourth-order valence-corrected chi connectivity index (χ4v) is 1.87. The molecule has 0 radical (unpaired) electrons. The molecule has 1 heteroatoms. The minimum atomic E-state index is 0.744. The summed E-state index contributed by atoms with van der Waals surface area (Å²) in [7, 11) is 1.64. The molecule has 0 N–H and O–H groups in total. The van der Waals surface area contributed by atoms with Crippen LogP contribution in [-0.2, 0) is 0 Å². The molecule has 0 unspecified atom stereocenters. The van der Waals surface area contributed by atoms with E-state index in [0.717, 1.165) is 16.9 Å². The summed E-state index contributed by atoms with van der Waals surface area (Å²) in [5.74, 6) is 3.36. The van der Waals surface area contributed by atoms with Crippen LogP contribution in [0, 0.1) is 19.3 Å². The molecule has 0 aliphatic rings. The fraction of sp³-hybridized carbons (Fsp3) is 0.125. The second-order valence-corrected chi connectivity index (χ2v) is 3.87. The molecule has 17 heavy (non-hydrogen) atoms. The van der Waals surface area contributed by atoms with Crippen LogP contribution in [0.3, 0.4) is 0 Å². The van der Waals surface area contributed by atoms with Crippen LogP contribution in [0.25, 0.3) is 11.1 Å². The second kappa shape index (κ2) is 4.76. The SMILES string of the molecule is C#Cc1ccc(-c2ccccc2C)cc1OC. The van der Waals surface area contributed by atoms with E-state index >= 15 is 0 Å². The lowest BCUT2D eigenvalue weighted by Crippen LogP contribution is -1.89. The first-order valence-corrected chi connectivity index (χ1v) is 5.47. The van der Waals surface area contributed by atoms with Crippen molar-refractivity contribution in [3.8, 4) is 29.2 Å². The summed E-state index contributed by atoms with van der Waals surface area (Å²) >= 11 is 0. The Morgan fingerprint density at radius 1 is 1.12 bits per heavy atom. The highest BCUT2D eigenvalue weighted by atomic mass is 16.5.